The van der Waals surface area contributed by atoms with Gasteiger partial charge < -0.3 is 5.32 Å². The van der Waals surface area contributed by atoms with Crippen LogP contribution in [0.15, 0.2) is 84.0 Å². The highest BCUT2D eigenvalue weighted by Gasteiger charge is 2.17. The Morgan fingerprint density at radius 1 is 0.906 bits per heavy atom. The molecule has 0 fully saturated rings. The van der Waals surface area contributed by atoms with Gasteiger partial charge in [0.1, 0.15) is 0 Å². The second-order valence-electron chi connectivity index (χ2n) is 6.95. The number of pyridine rings is 2. The van der Waals surface area contributed by atoms with E-state index in [9.17, 15) is 18.0 Å². The van der Waals surface area contributed by atoms with Crippen molar-refractivity contribution >= 4 is 38.4 Å². The van der Waals surface area contributed by atoms with Crippen LogP contribution >= 0.6 is 0 Å². The number of benzene rings is 2. The molecule has 2 heterocycles. The van der Waals surface area contributed by atoms with Crippen LogP contribution in [-0.2, 0) is 14.8 Å². The van der Waals surface area contributed by atoms with Gasteiger partial charge in [0.25, 0.3) is 15.9 Å². The first-order valence-electron chi connectivity index (χ1n) is 9.58. The summed E-state index contributed by atoms with van der Waals surface area (Å²) in [6.07, 6.45) is 3.31. The molecule has 0 unspecified atom stereocenters. The lowest BCUT2D eigenvalue weighted by atomic mass is 10.0. The van der Waals surface area contributed by atoms with Crippen molar-refractivity contribution in [3.05, 3.63) is 84.7 Å². The zero-order valence-electron chi connectivity index (χ0n) is 16.9. The van der Waals surface area contributed by atoms with Crippen LogP contribution in [0.5, 0.6) is 0 Å². The first kappa shape index (κ1) is 21.1. The smallest absolute Gasteiger partial charge is 0.264 e. The normalized spacial score (nSPS) is 11.2. The summed E-state index contributed by atoms with van der Waals surface area (Å²) >= 11 is 0. The predicted molar refractivity (Wildman–Crippen MR) is 120 cm³/mol. The Morgan fingerprint density at radius 2 is 1.59 bits per heavy atom. The maximum atomic E-state index is 13.1. The van der Waals surface area contributed by atoms with Crippen molar-refractivity contribution in [3.8, 4) is 11.3 Å². The van der Waals surface area contributed by atoms with Crippen molar-refractivity contribution < 1.29 is 18.0 Å². The highest BCUT2D eigenvalue weighted by Crippen LogP contribution is 2.25. The van der Waals surface area contributed by atoms with Gasteiger partial charge >= 0.3 is 0 Å². The van der Waals surface area contributed by atoms with E-state index in [0.29, 0.717) is 27.8 Å². The topological polar surface area (TPSA) is 118 Å². The molecule has 4 aromatic rings. The quantitative estimate of drug-likeness (QED) is 0.485. The first-order valence-corrected chi connectivity index (χ1v) is 11.1. The maximum absolute atomic E-state index is 13.1. The molecule has 0 saturated carbocycles. The highest BCUT2D eigenvalue weighted by atomic mass is 32.2. The van der Waals surface area contributed by atoms with Crippen molar-refractivity contribution in [2.75, 3.05) is 5.32 Å². The number of hydrogen-bond donors (Lipinski definition) is 2. The fourth-order valence-electron chi connectivity index (χ4n) is 3.20. The monoisotopic (exact) mass is 446 g/mol. The van der Waals surface area contributed by atoms with E-state index in [1.807, 2.05) is 41.1 Å². The molecule has 2 aromatic heterocycles. The number of aromatic nitrogens is 2. The molecule has 32 heavy (non-hydrogen) atoms. The number of fused-ring (bicyclic) bond motifs is 1. The summed E-state index contributed by atoms with van der Waals surface area (Å²) in [7, 11) is -3.95. The van der Waals surface area contributed by atoms with E-state index >= 15 is 0 Å². The van der Waals surface area contributed by atoms with Crippen molar-refractivity contribution in [3.63, 3.8) is 0 Å². The molecule has 0 bridgehead atoms. The number of para-hydroxylation sites is 1. The Hall–Kier alpha value is -4.11. The van der Waals surface area contributed by atoms with Crippen LogP contribution in [0.2, 0.25) is 0 Å². The molecule has 2 N–H and O–H groups in total. The molecule has 4 rings (SSSR count). The van der Waals surface area contributed by atoms with Gasteiger partial charge in [-0.1, -0.05) is 18.2 Å². The summed E-state index contributed by atoms with van der Waals surface area (Å²) in [5.41, 5.74) is 2.96. The number of carbonyl (C=O) groups is 2. The van der Waals surface area contributed by atoms with Crippen LogP contribution in [0.3, 0.4) is 0 Å². The van der Waals surface area contributed by atoms with E-state index in [0.717, 1.165) is 12.5 Å². The maximum Gasteiger partial charge on any atom is 0.264 e. The Kier molecular flexibility index (Phi) is 5.65. The third kappa shape index (κ3) is 4.47. The molecule has 2 amide bonds. The van der Waals surface area contributed by atoms with E-state index in [2.05, 4.69) is 15.3 Å². The average Bonchev–Trinajstić information content (AvgIpc) is 2.78. The van der Waals surface area contributed by atoms with E-state index in [4.69, 9.17) is 0 Å². The summed E-state index contributed by atoms with van der Waals surface area (Å²) in [4.78, 5) is 32.8. The lowest BCUT2D eigenvalue weighted by Crippen LogP contribution is -2.28. The largest absolute Gasteiger partial charge is 0.322 e. The minimum atomic E-state index is -3.95. The number of nitrogens with one attached hydrogen (secondary N) is 2. The van der Waals surface area contributed by atoms with E-state index in [1.165, 1.54) is 24.3 Å². The molecule has 0 aliphatic heterocycles. The molecule has 0 radical (unpaired) electrons. The third-order valence-corrected chi connectivity index (χ3v) is 6.09. The Balaban J connectivity index is 1.66. The average molecular weight is 446 g/mol. The first-order chi connectivity index (χ1) is 15.3. The predicted octanol–water partition coefficient (Wildman–Crippen LogP) is 3.37. The zero-order valence-corrected chi connectivity index (χ0v) is 17.8. The Labute approximate surface area is 184 Å². The van der Waals surface area contributed by atoms with Gasteiger partial charge in [-0.25, -0.2) is 18.1 Å². The number of amides is 2. The number of rotatable bonds is 5. The van der Waals surface area contributed by atoms with Crippen LogP contribution in [0.25, 0.3) is 22.2 Å². The molecule has 9 heteroatoms. The number of hydrogen-bond acceptors (Lipinski definition) is 6. The molecule has 0 atom stereocenters. The summed E-state index contributed by atoms with van der Waals surface area (Å²) in [6.45, 7) is 1.12. The fraction of sp³-hybridized carbons (Fsp3) is 0.0435. The van der Waals surface area contributed by atoms with Gasteiger partial charge in [-0.15, -0.1) is 0 Å². The molecule has 0 saturated heterocycles. The standard InChI is InChI=1S/C23H18N4O4S/c1-15(28)27-32(30,31)18-8-6-17(7-9-18)25-23(29)20-14-22(16-10-12-24-13-11-16)26-21-5-3-2-4-19(20)21/h2-14H,1H3,(H,25,29)(H,27,28). The minimum absolute atomic E-state index is 0.0833. The van der Waals surface area contributed by atoms with Crippen LogP contribution in [0.1, 0.15) is 17.3 Å². The molecule has 0 aliphatic rings. The van der Waals surface area contributed by atoms with E-state index in [-0.39, 0.29) is 10.8 Å². The van der Waals surface area contributed by atoms with Crippen LogP contribution in [-0.4, -0.2) is 30.2 Å². The molecule has 0 aliphatic carbocycles. The second-order valence-corrected chi connectivity index (χ2v) is 8.63. The zero-order chi connectivity index (χ0) is 22.7. The van der Waals surface area contributed by atoms with Gasteiger partial charge in [-0.3, -0.25) is 14.6 Å². The Bertz CT molecular complexity index is 1420. The van der Waals surface area contributed by atoms with Crippen LogP contribution < -0.4 is 10.0 Å². The SMILES string of the molecule is CC(=O)NS(=O)(=O)c1ccc(NC(=O)c2cc(-c3ccncc3)nc3ccccc23)cc1. The molecular formula is C23H18N4O4S. The number of sulfonamides is 1. The van der Waals surface area contributed by atoms with Crippen molar-refractivity contribution in [2.45, 2.75) is 11.8 Å². The van der Waals surface area contributed by atoms with Crippen molar-refractivity contribution in [1.82, 2.24) is 14.7 Å². The van der Waals surface area contributed by atoms with Gasteiger partial charge in [0, 0.05) is 36.0 Å². The fourth-order valence-corrected chi connectivity index (χ4v) is 4.19. The summed E-state index contributed by atoms with van der Waals surface area (Å²) in [5, 5.41) is 3.47. The number of nitrogens with zero attached hydrogens (tertiary/aromatic N) is 2. The van der Waals surface area contributed by atoms with Gasteiger partial charge in [0.15, 0.2) is 0 Å². The lowest BCUT2D eigenvalue weighted by Gasteiger charge is -2.11. The summed E-state index contributed by atoms with van der Waals surface area (Å²) < 4.78 is 26.1. The van der Waals surface area contributed by atoms with Crippen molar-refractivity contribution in [2.24, 2.45) is 0 Å². The molecule has 2 aromatic carbocycles. The van der Waals surface area contributed by atoms with Gasteiger partial charge in [-0.05, 0) is 48.5 Å². The minimum Gasteiger partial charge on any atom is -0.322 e. The summed E-state index contributed by atoms with van der Waals surface area (Å²) in [5.74, 6) is -1.05. The van der Waals surface area contributed by atoms with Crippen LogP contribution in [0.4, 0.5) is 5.69 Å². The molecule has 160 valence electrons. The van der Waals surface area contributed by atoms with Gasteiger partial charge in [-0.2, -0.15) is 0 Å². The molecular weight excluding hydrogens is 428 g/mol. The number of anilines is 1. The van der Waals surface area contributed by atoms with E-state index in [1.54, 1.807) is 18.5 Å². The van der Waals surface area contributed by atoms with E-state index < -0.39 is 15.9 Å². The Morgan fingerprint density at radius 3 is 2.28 bits per heavy atom. The van der Waals surface area contributed by atoms with Gasteiger partial charge in [0.2, 0.25) is 5.91 Å². The number of carbonyl (C=O) groups excluding carboxylic acids is 2. The van der Waals surface area contributed by atoms with Crippen LogP contribution in [0, 0.1) is 0 Å². The molecule has 8 nitrogen and oxygen atoms in total. The lowest BCUT2D eigenvalue weighted by molar-refractivity contribution is -0.117. The summed E-state index contributed by atoms with van der Waals surface area (Å²) in [6, 6.07) is 18.2. The molecule has 0 spiro atoms. The van der Waals surface area contributed by atoms with Gasteiger partial charge in [0.05, 0.1) is 21.7 Å². The highest BCUT2D eigenvalue weighted by molar-refractivity contribution is 7.90. The van der Waals surface area contributed by atoms with Crippen molar-refractivity contribution in [1.29, 1.82) is 0 Å². The third-order valence-electron chi connectivity index (χ3n) is 4.64. The second kappa shape index (κ2) is 8.56.